The van der Waals surface area contributed by atoms with Crippen LogP contribution in [0.25, 0.3) is 0 Å². The Morgan fingerprint density at radius 3 is 2.50 bits per heavy atom. The highest BCUT2D eigenvalue weighted by molar-refractivity contribution is 5.89. The molecule has 2 heteroatoms. The predicted molar refractivity (Wildman–Crippen MR) is 76.3 cm³/mol. The van der Waals surface area contributed by atoms with E-state index in [0.29, 0.717) is 6.61 Å². The molecule has 1 heterocycles. The quantitative estimate of drug-likeness (QED) is 0.795. The van der Waals surface area contributed by atoms with Crippen LogP contribution in [0.5, 0.6) is 0 Å². The molecule has 1 aromatic rings. The minimum absolute atomic E-state index is 0.0895. The average molecular weight is 245 g/mol. The first-order chi connectivity index (χ1) is 8.37. The second-order valence-corrected chi connectivity index (χ2v) is 6.15. The number of aliphatic imine (C=N–C) groups is 1. The van der Waals surface area contributed by atoms with Crippen LogP contribution in [0, 0.1) is 0 Å². The summed E-state index contributed by atoms with van der Waals surface area (Å²) in [6, 6.07) is 8.57. The van der Waals surface area contributed by atoms with E-state index in [9.17, 15) is 0 Å². The largest absolute Gasteiger partial charge is 0.478 e. The molecule has 1 aliphatic rings. The molecule has 0 atom stereocenters. The maximum Gasteiger partial charge on any atom is 0.194 e. The standard InChI is InChI=1S/C16H23NO/c1-6-12-9-7-8-10-13(12)16(4,5)14-17-15(2,3)11-18-14/h7-10H,6,11H2,1-5H3. The zero-order valence-corrected chi connectivity index (χ0v) is 12.1. The van der Waals surface area contributed by atoms with Crippen LogP contribution in [-0.2, 0) is 16.6 Å². The van der Waals surface area contributed by atoms with Crippen LogP contribution in [0.3, 0.4) is 0 Å². The minimum Gasteiger partial charge on any atom is -0.478 e. The van der Waals surface area contributed by atoms with Crippen LogP contribution < -0.4 is 0 Å². The molecule has 0 saturated carbocycles. The van der Waals surface area contributed by atoms with Gasteiger partial charge in [0.25, 0.3) is 0 Å². The normalized spacial score (nSPS) is 18.4. The fourth-order valence-corrected chi connectivity index (χ4v) is 2.46. The van der Waals surface area contributed by atoms with Crippen molar-refractivity contribution in [2.24, 2.45) is 4.99 Å². The van der Waals surface area contributed by atoms with E-state index >= 15 is 0 Å². The zero-order chi connectivity index (χ0) is 13.4. The molecule has 0 spiro atoms. The lowest BCUT2D eigenvalue weighted by molar-refractivity contribution is 0.263. The smallest absolute Gasteiger partial charge is 0.194 e. The Morgan fingerprint density at radius 2 is 1.94 bits per heavy atom. The molecule has 1 aliphatic heterocycles. The molecule has 1 aromatic carbocycles. The molecule has 0 aliphatic carbocycles. The van der Waals surface area contributed by atoms with Gasteiger partial charge in [-0.2, -0.15) is 0 Å². The maximum atomic E-state index is 5.84. The number of benzene rings is 1. The van der Waals surface area contributed by atoms with Gasteiger partial charge >= 0.3 is 0 Å². The molecule has 0 radical (unpaired) electrons. The van der Waals surface area contributed by atoms with Crippen LogP contribution in [0.15, 0.2) is 29.3 Å². The maximum absolute atomic E-state index is 5.84. The predicted octanol–water partition coefficient (Wildman–Crippen LogP) is 3.73. The lowest BCUT2D eigenvalue weighted by atomic mass is 9.81. The minimum atomic E-state index is -0.152. The third kappa shape index (κ3) is 2.29. The van der Waals surface area contributed by atoms with E-state index in [-0.39, 0.29) is 11.0 Å². The summed E-state index contributed by atoms with van der Waals surface area (Å²) in [4.78, 5) is 4.74. The molecule has 18 heavy (non-hydrogen) atoms. The first-order valence-corrected chi connectivity index (χ1v) is 6.68. The van der Waals surface area contributed by atoms with Crippen molar-refractivity contribution in [2.45, 2.75) is 52.0 Å². The fraction of sp³-hybridized carbons (Fsp3) is 0.562. The van der Waals surface area contributed by atoms with Gasteiger partial charge in [0.05, 0.1) is 11.0 Å². The van der Waals surface area contributed by atoms with Crippen molar-refractivity contribution in [3.63, 3.8) is 0 Å². The Bertz CT molecular complexity index is 472. The molecule has 0 amide bonds. The van der Waals surface area contributed by atoms with Crippen molar-refractivity contribution >= 4 is 5.90 Å². The lowest BCUT2D eigenvalue weighted by Crippen LogP contribution is -2.30. The van der Waals surface area contributed by atoms with Crippen molar-refractivity contribution in [3.8, 4) is 0 Å². The van der Waals surface area contributed by atoms with Crippen LogP contribution in [0.2, 0.25) is 0 Å². The number of rotatable bonds is 3. The van der Waals surface area contributed by atoms with E-state index in [1.54, 1.807) is 0 Å². The molecule has 2 nitrogen and oxygen atoms in total. The molecule has 0 fully saturated rings. The number of hydrogen-bond acceptors (Lipinski definition) is 2. The third-order valence-corrected chi connectivity index (χ3v) is 3.57. The molecule has 0 unspecified atom stereocenters. The second kappa shape index (κ2) is 4.42. The Labute approximate surface area is 110 Å². The molecule has 98 valence electrons. The Kier molecular flexibility index (Phi) is 3.22. The van der Waals surface area contributed by atoms with Crippen molar-refractivity contribution < 1.29 is 4.74 Å². The number of aryl methyl sites for hydroxylation is 1. The summed E-state index contributed by atoms with van der Waals surface area (Å²) in [5.41, 5.74) is 2.45. The first kappa shape index (κ1) is 13.1. The first-order valence-electron chi connectivity index (χ1n) is 6.68. The van der Waals surface area contributed by atoms with Crippen molar-refractivity contribution in [1.82, 2.24) is 0 Å². The van der Waals surface area contributed by atoms with Gasteiger partial charge in [0.2, 0.25) is 0 Å². The summed E-state index contributed by atoms with van der Waals surface area (Å²) in [7, 11) is 0. The summed E-state index contributed by atoms with van der Waals surface area (Å²) in [5.74, 6) is 0.869. The Balaban J connectivity index is 2.43. The summed E-state index contributed by atoms with van der Waals surface area (Å²) in [6.45, 7) is 11.5. The van der Waals surface area contributed by atoms with E-state index in [1.165, 1.54) is 11.1 Å². The number of ether oxygens (including phenoxy) is 1. The van der Waals surface area contributed by atoms with Crippen LogP contribution in [0.4, 0.5) is 0 Å². The van der Waals surface area contributed by atoms with Crippen molar-refractivity contribution in [1.29, 1.82) is 0 Å². The van der Waals surface area contributed by atoms with Gasteiger partial charge in [0.15, 0.2) is 5.90 Å². The van der Waals surface area contributed by atoms with Crippen molar-refractivity contribution in [2.75, 3.05) is 6.61 Å². The zero-order valence-electron chi connectivity index (χ0n) is 12.1. The molecule has 0 saturated heterocycles. The van der Waals surface area contributed by atoms with Crippen LogP contribution in [-0.4, -0.2) is 18.0 Å². The summed E-state index contributed by atoms with van der Waals surface area (Å²) < 4.78 is 5.84. The van der Waals surface area contributed by atoms with Gasteiger partial charge < -0.3 is 4.74 Å². The molecular weight excluding hydrogens is 222 g/mol. The second-order valence-electron chi connectivity index (χ2n) is 6.15. The van der Waals surface area contributed by atoms with Crippen LogP contribution in [0.1, 0.15) is 45.7 Å². The average Bonchev–Trinajstić information content (AvgIpc) is 2.70. The van der Waals surface area contributed by atoms with E-state index < -0.39 is 0 Å². The van der Waals surface area contributed by atoms with Gasteiger partial charge in [-0.15, -0.1) is 0 Å². The fourth-order valence-electron chi connectivity index (χ4n) is 2.46. The van der Waals surface area contributed by atoms with E-state index in [0.717, 1.165) is 12.3 Å². The SMILES string of the molecule is CCc1ccccc1C(C)(C)C1=NC(C)(C)CO1. The van der Waals surface area contributed by atoms with Crippen LogP contribution >= 0.6 is 0 Å². The highest BCUT2D eigenvalue weighted by atomic mass is 16.5. The molecule has 0 bridgehead atoms. The number of nitrogens with zero attached hydrogens (tertiary/aromatic N) is 1. The molecule has 2 rings (SSSR count). The highest BCUT2D eigenvalue weighted by Gasteiger charge is 2.37. The van der Waals surface area contributed by atoms with E-state index in [4.69, 9.17) is 9.73 Å². The monoisotopic (exact) mass is 245 g/mol. The summed E-state index contributed by atoms with van der Waals surface area (Å²) >= 11 is 0. The molecule has 0 aromatic heterocycles. The lowest BCUT2D eigenvalue weighted by Gasteiger charge is -2.26. The topological polar surface area (TPSA) is 21.6 Å². The van der Waals surface area contributed by atoms with Gasteiger partial charge in [-0.1, -0.05) is 31.2 Å². The Morgan fingerprint density at radius 1 is 1.28 bits per heavy atom. The summed E-state index contributed by atoms with van der Waals surface area (Å²) in [6.07, 6.45) is 1.04. The van der Waals surface area contributed by atoms with Gasteiger partial charge in [-0.05, 0) is 45.2 Å². The van der Waals surface area contributed by atoms with Gasteiger partial charge in [0.1, 0.15) is 6.61 Å². The van der Waals surface area contributed by atoms with Gasteiger partial charge in [-0.3, -0.25) is 0 Å². The van der Waals surface area contributed by atoms with Gasteiger partial charge in [-0.25, -0.2) is 4.99 Å². The van der Waals surface area contributed by atoms with Gasteiger partial charge in [0, 0.05) is 0 Å². The van der Waals surface area contributed by atoms with Crippen molar-refractivity contribution in [3.05, 3.63) is 35.4 Å². The highest BCUT2D eigenvalue weighted by Crippen LogP contribution is 2.33. The Hall–Kier alpha value is -1.31. The number of hydrogen-bond donors (Lipinski definition) is 0. The van der Waals surface area contributed by atoms with E-state index in [1.807, 2.05) is 0 Å². The third-order valence-electron chi connectivity index (χ3n) is 3.57. The molecular formula is C16H23NO. The summed E-state index contributed by atoms with van der Waals surface area (Å²) in [5, 5.41) is 0. The van der Waals surface area contributed by atoms with E-state index in [2.05, 4.69) is 58.9 Å². The molecule has 0 N–H and O–H groups in total.